The molecule has 0 bridgehead atoms. The van der Waals surface area contributed by atoms with Gasteiger partial charge < -0.3 is 25.2 Å². The van der Waals surface area contributed by atoms with E-state index in [4.69, 9.17) is 10.5 Å². The number of hydrogen-bond acceptors (Lipinski definition) is 5. The van der Waals surface area contributed by atoms with Gasteiger partial charge in [0.1, 0.15) is 0 Å². The molecule has 2 N–H and O–H groups in total. The Morgan fingerprint density at radius 2 is 1.68 bits per heavy atom. The maximum atomic E-state index is 6.06. The van der Waals surface area contributed by atoms with Gasteiger partial charge in [-0.3, -0.25) is 0 Å². The van der Waals surface area contributed by atoms with Crippen molar-refractivity contribution in [1.29, 1.82) is 0 Å². The summed E-state index contributed by atoms with van der Waals surface area (Å²) in [5.74, 6) is 1.80. The second-order valence-electron chi connectivity index (χ2n) is 6.95. The lowest BCUT2D eigenvalue weighted by atomic mass is 10.1. The summed E-state index contributed by atoms with van der Waals surface area (Å²) in [4.78, 5) is 7.31. The van der Waals surface area contributed by atoms with Crippen molar-refractivity contribution in [3.8, 4) is 11.5 Å². The summed E-state index contributed by atoms with van der Waals surface area (Å²) >= 11 is 0. The average molecular weight is 338 g/mol. The molecule has 0 aliphatic carbocycles. The standard InChI is InChI=1S/C20H26N4O/c1-22-11-13-23(14-12-22)9-4-10-24-17-5-2-3-6-19(17)25-20-8-7-16(21)15-18(20)24/h2-3,5-8,15H,4,9-14,21H2,1H3. The minimum Gasteiger partial charge on any atom is -0.453 e. The number of likely N-dealkylation sites (N-methyl/N-ethyl adjacent to an activating group) is 1. The van der Waals surface area contributed by atoms with Gasteiger partial charge in [0.25, 0.3) is 0 Å². The van der Waals surface area contributed by atoms with Crippen LogP contribution in [0.2, 0.25) is 0 Å². The van der Waals surface area contributed by atoms with Gasteiger partial charge in [-0.1, -0.05) is 12.1 Å². The second-order valence-corrected chi connectivity index (χ2v) is 6.95. The van der Waals surface area contributed by atoms with Crippen LogP contribution in [0.15, 0.2) is 42.5 Å². The third kappa shape index (κ3) is 3.43. The SMILES string of the molecule is CN1CCN(CCCN2c3ccccc3Oc3ccc(N)cc32)CC1. The summed E-state index contributed by atoms with van der Waals surface area (Å²) in [6, 6.07) is 14.1. The van der Waals surface area contributed by atoms with Crippen LogP contribution in [0.5, 0.6) is 11.5 Å². The van der Waals surface area contributed by atoms with E-state index in [0.717, 1.165) is 48.1 Å². The van der Waals surface area contributed by atoms with Gasteiger partial charge >= 0.3 is 0 Å². The zero-order valence-electron chi connectivity index (χ0n) is 14.8. The van der Waals surface area contributed by atoms with Gasteiger partial charge in [0, 0.05) is 38.4 Å². The largest absolute Gasteiger partial charge is 0.453 e. The number of nitrogens with two attached hydrogens (primary N) is 1. The molecule has 2 aliphatic rings. The molecule has 2 aromatic rings. The summed E-state index contributed by atoms with van der Waals surface area (Å²) in [5, 5.41) is 0. The van der Waals surface area contributed by atoms with E-state index in [-0.39, 0.29) is 0 Å². The molecule has 0 amide bonds. The molecule has 0 aromatic heterocycles. The van der Waals surface area contributed by atoms with Gasteiger partial charge in [-0.25, -0.2) is 0 Å². The summed E-state index contributed by atoms with van der Waals surface area (Å²) in [7, 11) is 2.20. The molecule has 0 unspecified atom stereocenters. The maximum Gasteiger partial charge on any atom is 0.151 e. The Hall–Kier alpha value is -2.24. The molecule has 5 nitrogen and oxygen atoms in total. The molecule has 0 spiro atoms. The van der Waals surface area contributed by atoms with Crippen molar-refractivity contribution in [1.82, 2.24) is 9.80 Å². The molecular formula is C20H26N4O. The van der Waals surface area contributed by atoms with Gasteiger partial charge in [0.15, 0.2) is 11.5 Å². The van der Waals surface area contributed by atoms with Crippen LogP contribution in [-0.4, -0.2) is 56.1 Å². The fourth-order valence-corrected chi connectivity index (χ4v) is 3.61. The fraction of sp³-hybridized carbons (Fsp3) is 0.400. The third-order valence-electron chi connectivity index (χ3n) is 5.10. The highest BCUT2D eigenvalue weighted by atomic mass is 16.5. The van der Waals surface area contributed by atoms with Crippen molar-refractivity contribution in [3.05, 3.63) is 42.5 Å². The predicted molar refractivity (Wildman–Crippen MR) is 103 cm³/mol. The topological polar surface area (TPSA) is 45.0 Å². The van der Waals surface area contributed by atoms with Gasteiger partial charge in [0.05, 0.1) is 11.4 Å². The molecule has 2 aliphatic heterocycles. The van der Waals surface area contributed by atoms with Crippen LogP contribution < -0.4 is 15.4 Å². The van der Waals surface area contributed by atoms with E-state index in [1.165, 1.54) is 26.2 Å². The Morgan fingerprint density at radius 3 is 2.52 bits per heavy atom. The van der Waals surface area contributed by atoms with E-state index in [2.05, 4.69) is 33.9 Å². The molecule has 4 rings (SSSR count). The van der Waals surface area contributed by atoms with E-state index in [0.29, 0.717) is 0 Å². The number of piperazine rings is 1. The summed E-state index contributed by atoms with van der Waals surface area (Å²) in [6.45, 7) is 6.76. The van der Waals surface area contributed by atoms with Crippen LogP contribution in [0.1, 0.15) is 6.42 Å². The number of nitrogens with zero attached hydrogens (tertiary/aromatic N) is 3. The lowest BCUT2D eigenvalue weighted by molar-refractivity contribution is 0.153. The molecule has 132 valence electrons. The molecule has 1 saturated heterocycles. The molecule has 0 radical (unpaired) electrons. The van der Waals surface area contributed by atoms with Gasteiger partial charge in [0.2, 0.25) is 0 Å². The highest BCUT2D eigenvalue weighted by Crippen LogP contribution is 2.47. The van der Waals surface area contributed by atoms with Crippen LogP contribution in [0.3, 0.4) is 0 Å². The number of rotatable bonds is 4. The van der Waals surface area contributed by atoms with Crippen molar-refractivity contribution < 1.29 is 4.74 Å². The Morgan fingerprint density at radius 1 is 0.920 bits per heavy atom. The zero-order chi connectivity index (χ0) is 17.2. The van der Waals surface area contributed by atoms with Crippen LogP contribution in [0.25, 0.3) is 0 Å². The van der Waals surface area contributed by atoms with Crippen LogP contribution in [0, 0.1) is 0 Å². The molecule has 2 heterocycles. The molecule has 5 heteroatoms. The first-order valence-corrected chi connectivity index (χ1v) is 9.05. The predicted octanol–water partition coefficient (Wildman–Crippen LogP) is 3.15. The van der Waals surface area contributed by atoms with Crippen molar-refractivity contribution >= 4 is 17.1 Å². The normalized spacial score (nSPS) is 17.7. The first-order chi connectivity index (χ1) is 12.2. The number of nitrogen functional groups attached to an aromatic ring is 1. The fourth-order valence-electron chi connectivity index (χ4n) is 3.61. The van der Waals surface area contributed by atoms with E-state index in [9.17, 15) is 0 Å². The van der Waals surface area contributed by atoms with Crippen LogP contribution >= 0.6 is 0 Å². The average Bonchev–Trinajstić information content (AvgIpc) is 2.63. The Kier molecular flexibility index (Phi) is 4.51. The highest BCUT2D eigenvalue weighted by Gasteiger charge is 2.24. The van der Waals surface area contributed by atoms with Crippen molar-refractivity contribution in [2.75, 3.05) is 56.9 Å². The first-order valence-electron chi connectivity index (χ1n) is 9.05. The van der Waals surface area contributed by atoms with Crippen molar-refractivity contribution in [2.24, 2.45) is 0 Å². The van der Waals surface area contributed by atoms with Gasteiger partial charge in [-0.2, -0.15) is 0 Å². The number of hydrogen-bond donors (Lipinski definition) is 1. The third-order valence-corrected chi connectivity index (χ3v) is 5.10. The van der Waals surface area contributed by atoms with E-state index in [1.54, 1.807) is 0 Å². The minimum atomic E-state index is 0.769. The lowest BCUT2D eigenvalue weighted by Gasteiger charge is -2.35. The van der Waals surface area contributed by atoms with E-state index >= 15 is 0 Å². The van der Waals surface area contributed by atoms with E-state index < -0.39 is 0 Å². The Bertz CT molecular complexity index is 740. The molecule has 1 fully saturated rings. The van der Waals surface area contributed by atoms with Gasteiger partial charge in [-0.05, 0) is 50.3 Å². The van der Waals surface area contributed by atoms with E-state index in [1.807, 2.05) is 30.3 Å². The summed E-state index contributed by atoms with van der Waals surface area (Å²) in [6.07, 6.45) is 1.12. The molecular weight excluding hydrogens is 312 g/mol. The number of para-hydroxylation sites is 2. The smallest absolute Gasteiger partial charge is 0.151 e. The minimum absolute atomic E-state index is 0.769. The quantitative estimate of drug-likeness (QED) is 0.868. The summed E-state index contributed by atoms with van der Waals surface area (Å²) in [5.41, 5.74) is 8.99. The molecule has 0 saturated carbocycles. The zero-order valence-corrected chi connectivity index (χ0v) is 14.8. The van der Waals surface area contributed by atoms with Crippen molar-refractivity contribution in [3.63, 3.8) is 0 Å². The Balaban J connectivity index is 1.49. The molecule has 0 atom stereocenters. The lowest BCUT2D eigenvalue weighted by Crippen LogP contribution is -2.45. The van der Waals surface area contributed by atoms with Crippen LogP contribution in [0.4, 0.5) is 17.1 Å². The van der Waals surface area contributed by atoms with Crippen LogP contribution in [-0.2, 0) is 0 Å². The summed E-state index contributed by atoms with van der Waals surface area (Å²) < 4.78 is 6.06. The van der Waals surface area contributed by atoms with Gasteiger partial charge in [-0.15, -0.1) is 0 Å². The number of anilines is 3. The number of ether oxygens (including phenoxy) is 1. The van der Waals surface area contributed by atoms with Crippen molar-refractivity contribution in [2.45, 2.75) is 6.42 Å². The number of fused-ring (bicyclic) bond motifs is 2. The molecule has 25 heavy (non-hydrogen) atoms. The molecule has 2 aromatic carbocycles. The highest BCUT2D eigenvalue weighted by molar-refractivity contribution is 5.79. The Labute approximate surface area is 149 Å². The first kappa shape index (κ1) is 16.2. The number of benzene rings is 2. The second kappa shape index (κ2) is 6.94. The monoisotopic (exact) mass is 338 g/mol. The maximum absolute atomic E-state index is 6.06.